The van der Waals surface area contributed by atoms with Crippen molar-refractivity contribution in [2.75, 3.05) is 13.2 Å². The Morgan fingerprint density at radius 1 is 0.917 bits per heavy atom. The van der Waals surface area contributed by atoms with Gasteiger partial charge in [0, 0.05) is 5.92 Å². The Kier molecular flexibility index (Phi) is 9.74. The Morgan fingerprint density at radius 3 is 2.11 bits per heavy atom. The third kappa shape index (κ3) is 6.83. The number of allylic oxidation sites excluding steroid dienone is 3. The van der Waals surface area contributed by atoms with Crippen LogP contribution in [-0.2, 0) is 15.9 Å². The highest BCUT2D eigenvalue weighted by Gasteiger charge is 2.39. The van der Waals surface area contributed by atoms with Crippen molar-refractivity contribution < 1.29 is 22.6 Å². The Balaban J connectivity index is 1.20. The van der Waals surface area contributed by atoms with E-state index in [1.807, 2.05) is 6.92 Å². The van der Waals surface area contributed by atoms with E-state index in [1.54, 1.807) is 18.2 Å². The average Bonchev–Trinajstić information content (AvgIpc) is 2.90. The number of hydrogen-bond donors (Lipinski definition) is 0. The third-order valence-electron chi connectivity index (χ3n) is 8.59. The summed E-state index contributed by atoms with van der Waals surface area (Å²) in [6, 6.07) is 3.55. The molecule has 0 spiro atoms. The maximum Gasteiger partial charge on any atom is 0.162 e. The molecule has 2 nitrogen and oxygen atoms in total. The molecule has 1 aromatic carbocycles. The van der Waals surface area contributed by atoms with Gasteiger partial charge in [0.2, 0.25) is 0 Å². The third-order valence-corrected chi connectivity index (χ3v) is 8.59. The van der Waals surface area contributed by atoms with E-state index < -0.39 is 17.3 Å². The van der Waals surface area contributed by atoms with E-state index >= 15 is 0 Å². The van der Waals surface area contributed by atoms with E-state index in [9.17, 15) is 13.2 Å². The molecule has 1 aromatic rings. The highest BCUT2D eigenvalue weighted by Crippen LogP contribution is 2.40. The van der Waals surface area contributed by atoms with Crippen LogP contribution in [0.2, 0.25) is 0 Å². The second-order valence-electron chi connectivity index (χ2n) is 11.3. The van der Waals surface area contributed by atoms with Crippen molar-refractivity contribution in [3.63, 3.8) is 0 Å². The Morgan fingerprint density at radius 2 is 1.53 bits per heavy atom. The average molecular weight is 505 g/mol. The predicted octanol–water partition coefficient (Wildman–Crippen LogP) is 8.60. The lowest BCUT2D eigenvalue weighted by Crippen LogP contribution is -2.46. The molecule has 4 rings (SSSR count). The van der Waals surface area contributed by atoms with Crippen LogP contribution in [0.1, 0.15) is 94.6 Å². The molecule has 5 heteroatoms. The molecule has 1 saturated heterocycles. The number of halogens is 3. The van der Waals surface area contributed by atoms with Gasteiger partial charge in [0.25, 0.3) is 0 Å². The normalized spacial score (nSPS) is 33.6. The molecule has 36 heavy (non-hydrogen) atoms. The van der Waals surface area contributed by atoms with Crippen LogP contribution < -0.4 is 0 Å². The number of hydrogen-bond acceptors (Lipinski definition) is 2. The van der Waals surface area contributed by atoms with E-state index in [0.717, 1.165) is 57.8 Å². The number of aryl methyl sites for hydroxylation is 1. The Hall–Kier alpha value is -1.59. The largest absolute Gasteiger partial charge is 0.349 e. The highest BCUT2D eigenvalue weighted by molar-refractivity contribution is 5.30. The highest BCUT2D eigenvalue weighted by atomic mass is 19.2. The first-order valence-electron chi connectivity index (χ1n) is 14.1. The van der Waals surface area contributed by atoms with Crippen LogP contribution in [0.3, 0.4) is 0 Å². The summed E-state index contributed by atoms with van der Waals surface area (Å²) in [5.41, 5.74) is -0.336. The summed E-state index contributed by atoms with van der Waals surface area (Å²) in [5.74, 6) is 0.206. The second kappa shape index (κ2) is 12.8. The van der Waals surface area contributed by atoms with Crippen molar-refractivity contribution in [1.82, 2.24) is 0 Å². The van der Waals surface area contributed by atoms with E-state index in [4.69, 9.17) is 9.47 Å². The summed E-state index contributed by atoms with van der Waals surface area (Å²) in [7, 11) is 0. The lowest BCUT2D eigenvalue weighted by atomic mass is 9.77. The zero-order valence-electron chi connectivity index (χ0n) is 21.8. The fraction of sp³-hybridized carbons (Fsp3) is 0.677. The minimum atomic E-state index is -1.32. The first kappa shape index (κ1) is 27.4. The maximum atomic E-state index is 14.7. The van der Waals surface area contributed by atoms with Gasteiger partial charge in [0.15, 0.2) is 23.6 Å². The van der Waals surface area contributed by atoms with Crippen molar-refractivity contribution in [3.8, 4) is 0 Å². The van der Waals surface area contributed by atoms with Crippen molar-refractivity contribution >= 4 is 0 Å². The zero-order valence-corrected chi connectivity index (χ0v) is 21.8. The van der Waals surface area contributed by atoms with Crippen molar-refractivity contribution in [3.05, 3.63) is 59.7 Å². The van der Waals surface area contributed by atoms with Gasteiger partial charge in [-0.2, -0.15) is 0 Å². The quantitative estimate of drug-likeness (QED) is 0.314. The lowest BCUT2D eigenvalue weighted by Gasteiger charge is -2.39. The van der Waals surface area contributed by atoms with E-state index in [0.29, 0.717) is 48.1 Å². The molecule has 0 bridgehead atoms. The molecular weight excluding hydrogens is 461 g/mol. The molecule has 0 N–H and O–H groups in total. The van der Waals surface area contributed by atoms with Gasteiger partial charge in [-0.1, -0.05) is 43.7 Å². The van der Waals surface area contributed by atoms with Gasteiger partial charge in [-0.05, 0) is 99.5 Å². The fourth-order valence-corrected chi connectivity index (χ4v) is 6.33. The van der Waals surface area contributed by atoms with Crippen molar-refractivity contribution in [1.29, 1.82) is 0 Å². The number of ether oxygens (including phenoxy) is 2. The van der Waals surface area contributed by atoms with E-state index in [1.165, 1.54) is 0 Å². The van der Waals surface area contributed by atoms with Gasteiger partial charge in [-0.25, -0.2) is 13.2 Å². The number of rotatable bonds is 9. The summed E-state index contributed by atoms with van der Waals surface area (Å²) < 4.78 is 55.4. The second-order valence-corrected chi connectivity index (χ2v) is 11.3. The zero-order chi connectivity index (χ0) is 25.5. The summed E-state index contributed by atoms with van der Waals surface area (Å²) in [5, 5.41) is 0. The molecule has 0 radical (unpaired) electrons. The molecule has 3 aliphatic rings. The molecular formula is C31H43F3O2. The summed E-state index contributed by atoms with van der Waals surface area (Å²) in [6.45, 7) is 5.96. The van der Waals surface area contributed by atoms with Gasteiger partial charge < -0.3 is 9.47 Å². The van der Waals surface area contributed by atoms with Gasteiger partial charge >= 0.3 is 0 Å². The minimum absolute atomic E-state index is 0.101. The van der Waals surface area contributed by atoms with Gasteiger partial charge in [-0.15, -0.1) is 6.58 Å². The van der Waals surface area contributed by atoms with Crippen LogP contribution in [0.4, 0.5) is 13.2 Å². The van der Waals surface area contributed by atoms with Crippen LogP contribution in [0.25, 0.3) is 0 Å². The predicted molar refractivity (Wildman–Crippen MR) is 139 cm³/mol. The molecule has 2 aliphatic carbocycles. The molecule has 200 valence electrons. The lowest BCUT2D eigenvalue weighted by molar-refractivity contribution is -0.257. The standard InChI is InChI=1S/C31H43F3O2/c1-3-5-6-25-17-18-27(29(33)28(25)32)24-13-9-22(10-14-24)7-8-23-11-15-26(16-12-23)30-35-20-31(34,19-4-2)21-36-30/h3,7-8,17-18,22-24,26,30H,1,4-6,9-16,19-21H2,2H3. The van der Waals surface area contributed by atoms with Crippen molar-refractivity contribution in [2.24, 2.45) is 17.8 Å². The Bertz CT molecular complexity index is 874. The van der Waals surface area contributed by atoms with Crippen LogP contribution in [0, 0.1) is 29.4 Å². The molecule has 1 aliphatic heterocycles. The molecule has 3 fully saturated rings. The van der Waals surface area contributed by atoms with E-state index in [-0.39, 0.29) is 25.4 Å². The van der Waals surface area contributed by atoms with Crippen LogP contribution >= 0.6 is 0 Å². The SMILES string of the molecule is C=CCCc1ccc(C2CCC(C=CC3CCC(C4OCC(F)(CCC)CO4)CC3)CC2)c(F)c1F. The smallest absolute Gasteiger partial charge is 0.162 e. The minimum Gasteiger partial charge on any atom is -0.349 e. The molecule has 2 saturated carbocycles. The Labute approximate surface area is 215 Å². The van der Waals surface area contributed by atoms with Crippen molar-refractivity contribution in [2.45, 2.75) is 102 Å². The molecule has 0 atom stereocenters. The molecule has 0 unspecified atom stereocenters. The topological polar surface area (TPSA) is 18.5 Å². The molecule has 1 heterocycles. The number of benzene rings is 1. The van der Waals surface area contributed by atoms with Gasteiger partial charge in [0.05, 0.1) is 13.2 Å². The number of alkyl halides is 1. The summed E-state index contributed by atoms with van der Waals surface area (Å²) in [4.78, 5) is 0. The molecule has 0 aromatic heterocycles. The van der Waals surface area contributed by atoms with Crippen LogP contribution in [0.5, 0.6) is 0 Å². The first-order chi connectivity index (χ1) is 17.4. The van der Waals surface area contributed by atoms with Crippen LogP contribution in [0.15, 0.2) is 36.9 Å². The van der Waals surface area contributed by atoms with Crippen LogP contribution in [-0.4, -0.2) is 25.2 Å². The monoisotopic (exact) mass is 504 g/mol. The van der Waals surface area contributed by atoms with E-state index in [2.05, 4.69) is 18.7 Å². The van der Waals surface area contributed by atoms with Gasteiger partial charge in [-0.3, -0.25) is 0 Å². The maximum absolute atomic E-state index is 14.7. The first-order valence-corrected chi connectivity index (χ1v) is 14.1. The van der Waals surface area contributed by atoms with Gasteiger partial charge in [0.1, 0.15) is 0 Å². The summed E-state index contributed by atoms with van der Waals surface area (Å²) >= 11 is 0. The summed E-state index contributed by atoms with van der Waals surface area (Å²) in [6.07, 6.45) is 16.8. The molecule has 0 amide bonds. The fourth-order valence-electron chi connectivity index (χ4n) is 6.33.